The molecule has 0 atom stereocenters. The summed E-state index contributed by atoms with van der Waals surface area (Å²) in [6.07, 6.45) is 0. The fourth-order valence-corrected chi connectivity index (χ4v) is 1.01. The van der Waals surface area contributed by atoms with Gasteiger partial charge in [-0.15, -0.1) is 0 Å². The van der Waals surface area contributed by atoms with Crippen molar-refractivity contribution < 1.29 is 15.6 Å². The van der Waals surface area contributed by atoms with Crippen LogP contribution in [0.3, 0.4) is 0 Å². The zero-order valence-electron chi connectivity index (χ0n) is 8.66. The van der Waals surface area contributed by atoms with Crippen molar-refractivity contribution >= 4 is 6.47 Å². The van der Waals surface area contributed by atoms with Gasteiger partial charge in [0.05, 0.1) is 7.98 Å². The molecule has 0 N–H and O–H groups in total. The third-order valence-electron chi connectivity index (χ3n) is 1.62. The highest BCUT2D eigenvalue weighted by Crippen LogP contribution is 2.26. The van der Waals surface area contributed by atoms with Crippen LogP contribution >= 0.6 is 0 Å². The van der Waals surface area contributed by atoms with Crippen molar-refractivity contribution in [2.75, 3.05) is 6.61 Å². The molecule has 0 aliphatic heterocycles. The highest BCUT2D eigenvalue weighted by Gasteiger charge is 2.04. The van der Waals surface area contributed by atoms with E-state index < -0.39 is 0 Å². The summed E-state index contributed by atoms with van der Waals surface area (Å²) in [6, 6.07) is 3.41. The lowest BCUT2D eigenvalue weighted by Gasteiger charge is -2.09. The molecule has 3 heteroatoms. The Labute approximate surface area is 78.7 Å². The number of ether oxygens (including phenoxy) is 2. The van der Waals surface area contributed by atoms with Crippen LogP contribution in [0.5, 0.6) is 11.5 Å². The van der Waals surface area contributed by atoms with Gasteiger partial charge in [0.15, 0.2) is 0 Å². The highest BCUT2D eigenvalue weighted by molar-refractivity contribution is 5.51. The van der Waals surface area contributed by atoms with E-state index in [1.807, 2.05) is 6.92 Å². The zero-order chi connectivity index (χ0) is 10.6. The molecule has 0 aliphatic rings. The fraction of sp³-hybridized carbons (Fsp3) is 0.300. The van der Waals surface area contributed by atoms with Crippen molar-refractivity contribution in [3.63, 3.8) is 0 Å². The molecule has 1 aromatic carbocycles. The van der Waals surface area contributed by atoms with Gasteiger partial charge in [0, 0.05) is 5.56 Å². The zero-order valence-corrected chi connectivity index (χ0v) is 7.66. The number of carbonyl (C=O) groups excluding carboxylic acids is 1. The normalized spacial score (nSPS) is 10.5. The molecule has 0 aromatic heterocycles. The van der Waals surface area contributed by atoms with Gasteiger partial charge in [-0.3, -0.25) is 4.79 Å². The molecular formula is C10H12O3. The highest BCUT2D eigenvalue weighted by atomic mass is 16.5. The van der Waals surface area contributed by atoms with Crippen LogP contribution < -0.4 is 9.47 Å². The average Bonchev–Trinajstić information content (AvgIpc) is 2.17. The summed E-state index contributed by atoms with van der Waals surface area (Å²) in [5, 5.41) is 0. The molecule has 0 saturated carbocycles. The van der Waals surface area contributed by atoms with Crippen LogP contribution in [0.1, 0.15) is 13.9 Å². The number of hydrogen-bond donors (Lipinski definition) is 0. The molecule has 3 nitrogen and oxygen atoms in total. The molecule has 0 amide bonds. The third-order valence-corrected chi connectivity index (χ3v) is 1.62. The van der Waals surface area contributed by atoms with Crippen LogP contribution in [0, 0.1) is 6.92 Å². The monoisotopic (exact) mass is 182 g/mol. The smallest absolute Gasteiger partial charge is 0.298 e. The van der Waals surface area contributed by atoms with Gasteiger partial charge in [-0.2, -0.15) is 0 Å². The molecule has 0 saturated heterocycles. The van der Waals surface area contributed by atoms with Gasteiger partial charge >= 0.3 is 0 Å². The summed E-state index contributed by atoms with van der Waals surface area (Å²) in [5.41, 5.74) is 0.673. The van der Waals surface area contributed by atoms with Gasteiger partial charge in [-0.05, 0) is 26.0 Å². The molecule has 0 spiro atoms. The van der Waals surface area contributed by atoms with Crippen molar-refractivity contribution in [3.05, 3.63) is 23.7 Å². The molecule has 0 radical (unpaired) electrons. The van der Waals surface area contributed by atoms with E-state index in [1.54, 1.807) is 13.0 Å². The second kappa shape index (κ2) is 4.50. The van der Waals surface area contributed by atoms with Crippen LogP contribution in [0.4, 0.5) is 0 Å². The summed E-state index contributed by atoms with van der Waals surface area (Å²) in [6.45, 7) is 4.44. The molecule has 0 aliphatic carbocycles. The first-order chi connectivity index (χ1) is 6.70. The number of carbonyl (C=O) groups is 1. The van der Waals surface area contributed by atoms with Crippen LogP contribution in [0.15, 0.2) is 18.2 Å². The Balaban J connectivity index is 3.11. The van der Waals surface area contributed by atoms with Crippen molar-refractivity contribution in [2.45, 2.75) is 13.8 Å². The Morgan fingerprint density at radius 3 is 3.00 bits per heavy atom. The van der Waals surface area contributed by atoms with E-state index in [-0.39, 0.29) is 0 Å². The predicted octanol–water partition coefficient (Wildman–Crippen LogP) is 1.93. The van der Waals surface area contributed by atoms with Gasteiger partial charge < -0.3 is 9.47 Å². The summed E-state index contributed by atoms with van der Waals surface area (Å²) in [7, 11) is 0. The van der Waals surface area contributed by atoms with E-state index in [2.05, 4.69) is 0 Å². The standard InChI is InChI=1S/C10H12O3/c1-3-12-9-5-4-6-10(8(9)2)13-7-11/h4-7H,3H2,1-2H3/i5T. The SMILES string of the molecule is [3H]c1ccc(OC=O)c(C)c1OCC. The fourth-order valence-electron chi connectivity index (χ4n) is 1.01. The van der Waals surface area contributed by atoms with Crippen LogP contribution in [0.25, 0.3) is 0 Å². The Bertz CT molecular complexity index is 336. The van der Waals surface area contributed by atoms with Crippen molar-refractivity contribution in [2.24, 2.45) is 0 Å². The van der Waals surface area contributed by atoms with Crippen LogP contribution in [-0.2, 0) is 4.79 Å². The molecule has 0 bridgehead atoms. The minimum atomic E-state index is 0.294. The first kappa shape index (κ1) is 8.10. The lowest BCUT2D eigenvalue weighted by Crippen LogP contribution is -1.97. The average molecular weight is 182 g/mol. The maximum Gasteiger partial charge on any atom is 0.298 e. The predicted molar refractivity (Wildman–Crippen MR) is 49.0 cm³/mol. The molecule has 0 heterocycles. The Hall–Kier alpha value is -1.51. The molecule has 0 fully saturated rings. The first-order valence-corrected chi connectivity index (χ1v) is 4.04. The lowest BCUT2D eigenvalue weighted by atomic mass is 10.2. The molecule has 1 rings (SSSR count). The summed E-state index contributed by atoms with van der Waals surface area (Å²) in [4.78, 5) is 10.2. The van der Waals surface area contributed by atoms with Crippen molar-refractivity contribution in [1.82, 2.24) is 0 Å². The Kier molecular flexibility index (Phi) is 2.81. The van der Waals surface area contributed by atoms with E-state index in [9.17, 15) is 4.79 Å². The second-order valence-corrected chi connectivity index (χ2v) is 2.44. The lowest BCUT2D eigenvalue weighted by molar-refractivity contribution is -0.120. The molecule has 1 aromatic rings. The minimum absolute atomic E-state index is 0.294. The minimum Gasteiger partial charge on any atom is -0.493 e. The summed E-state index contributed by atoms with van der Waals surface area (Å²) < 4.78 is 17.6. The Morgan fingerprint density at radius 2 is 2.38 bits per heavy atom. The van der Waals surface area contributed by atoms with Gasteiger partial charge in [0.2, 0.25) is 0 Å². The first-order valence-electron chi connectivity index (χ1n) is 4.54. The molecular weight excluding hydrogens is 168 g/mol. The molecule has 70 valence electrons. The third kappa shape index (κ3) is 2.21. The summed E-state index contributed by atoms with van der Waals surface area (Å²) >= 11 is 0. The van der Waals surface area contributed by atoms with Gasteiger partial charge in [0.1, 0.15) is 11.5 Å². The van der Waals surface area contributed by atoms with E-state index >= 15 is 0 Å². The largest absolute Gasteiger partial charge is 0.493 e. The van der Waals surface area contributed by atoms with Gasteiger partial charge in [-0.1, -0.05) is 6.07 Å². The van der Waals surface area contributed by atoms with Crippen LogP contribution in [-0.4, -0.2) is 13.1 Å². The van der Waals surface area contributed by atoms with E-state index in [1.165, 1.54) is 6.07 Å². The van der Waals surface area contributed by atoms with E-state index in [0.717, 1.165) is 0 Å². The van der Waals surface area contributed by atoms with Gasteiger partial charge in [0.25, 0.3) is 6.47 Å². The van der Waals surface area contributed by atoms with Crippen molar-refractivity contribution in [3.8, 4) is 11.5 Å². The van der Waals surface area contributed by atoms with E-state index in [4.69, 9.17) is 10.8 Å². The van der Waals surface area contributed by atoms with Crippen LogP contribution in [0.2, 0.25) is 0 Å². The topological polar surface area (TPSA) is 35.5 Å². The maximum atomic E-state index is 10.2. The van der Waals surface area contributed by atoms with Crippen molar-refractivity contribution in [1.29, 1.82) is 0 Å². The second-order valence-electron chi connectivity index (χ2n) is 2.44. The number of rotatable bonds is 4. The van der Waals surface area contributed by atoms with E-state index in [0.29, 0.717) is 36.2 Å². The summed E-state index contributed by atoms with van der Waals surface area (Å²) in [5.74, 6) is 0.895. The molecule has 0 unspecified atom stereocenters. The van der Waals surface area contributed by atoms with Gasteiger partial charge in [-0.25, -0.2) is 0 Å². The number of hydrogen-bond acceptors (Lipinski definition) is 3. The Morgan fingerprint density at radius 1 is 1.62 bits per heavy atom. The molecule has 13 heavy (non-hydrogen) atoms. The maximum absolute atomic E-state index is 10.2. The number of benzene rings is 1. The quantitative estimate of drug-likeness (QED) is 0.667.